The van der Waals surface area contributed by atoms with Crippen molar-refractivity contribution in [2.75, 3.05) is 13.1 Å². The molecule has 0 saturated carbocycles. The molecule has 1 amide bonds. The Bertz CT molecular complexity index is 1120. The van der Waals surface area contributed by atoms with Crippen molar-refractivity contribution in [2.45, 2.75) is 25.3 Å². The van der Waals surface area contributed by atoms with Gasteiger partial charge in [-0.2, -0.15) is 13.2 Å². The van der Waals surface area contributed by atoms with E-state index < -0.39 is 29.6 Å². The monoisotopic (exact) mass is 410 g/mol. The van der Waals surface area contributed by atoms with Crippen LogP contribution in [0, 0.1) is 0 Å². The number of carbonyl (C=O) groups excluding carboxylic acids is 1. The van der Waals surface area contributed by atoms with Gasteiger partial charge in [0.2, 0.25) is 0 Å². The van der Waals surface area contributed by atoms with Gasteiger partial charge in [0.05, 0.1) is 25.5 Å². The molecule has 1 aliphatic rings. The normalized spacial score (nSPS) is 17.2. The number of rotatable bonds is 3. The zero-order chi connectivity index (χ0) is 20.8. The Morgan fingerprint density at radius 1 is 1.21 bits per heavy atom. The number of pyridine rings is 1. The number of likely N-dealkylation sites (tertiary alicyclic amines) is 1. The predicted octanol–water partition coefficient (Wildman–Crippen LogP) is 1.54. The zero-order valence-electron chi connectivity index (χ0n) is 14.8. The van der Waals surface area contributed by atoms with Crippen molar-refractivity contribution in [2.24, 2.45) is 0 Å². The molecule has 0 N–H and O–H groups in total. The highest BCUT2D eigenvalue weighted by atomic mass is 19.4. The lowest BCUT2D eigenvalue weighted by Gasteiger charge is -2.15. The van der Waals surface area contributed by atoms with Crippen LogP contribution in [0.5, 0.6) is 0 Å². The third kappa shape index (κ3) is 3.57. The van der Waals surface area contributed by atoms with Crippen LogP contribution in [0.4, 0.5) is 17.6 Å². The second-order valence-electron chi connectivity index (χ2n) is 6.61. The highest BCUT2D eigenvalue weighted by Crippen LogP contribution is 2.27. The van der Waals surface area contributed by atoms with Gasteiger partial charge in [0.15, 0.2) is 5.65 Å². The van der Waals surface area contributed by atoms with Crippen LogP contribution in [-0.2, 0) is 12.7 Å². The van der Waals surface area contributed by atoms with E-state index in [0.717, 1.165) is 21.3 Å². The molecule has 4 heterocycles. The van der Waals surface area contributed by atoms with Gasteiger partial charge in [-0.15, -0.1) is 5.10 Å². The van der Waals surface area contributed by atoms with E-state index in [4.69, 9.17) is 0 Å². The summed E-state index contributed by atoms with van der Waals surface area (Å²) in [5.41, 5.74) is -1.35. The molecule has 0 bridgehead atoms. The van der Waals surface area contributed by atoms with Crippen molar-refractivity contribution in [1.82, 2.24) is 29.0 Å². The second-order valence-corrected chi connectivity index (χ2v) is 6.61. The second kappa shape index (κ2) is 6.94. The minimum absolute atomic E-state index is 0.0570. The van der Waals surface area contributed by atoms with Crippen molar-refractivity contribution < 1.29 is 22.4 Å². The summed E-state index contributed by atoms with van der Waals surface area (Å²) in [4.78, 5) is 34.0. The minimum atomic E-state index is -4.56. The molecule has 1 fully saturated rings. The number of alkyl halides is 4. The molecule has 1 saturated heterocycles. The highest BCUT2D eigenvalue weighted by Gasteiger charge is 2.32. The Balaban J connectivity index is 1.66. The molecule has 0 aromatic carbocycles. The van der Waals surface area contributed by atoms with E-state index in [-0.39, 0.29) is 37.4 Å². The van der Waals surface area contributed by atoms with Crippen LogP contribution < -0.4 is 5.69 Å². The molecule has 8 nitrogen and oxygen atoms in total. The van der Waals surface area contributed by atoms with Crippen molar-refractivity contribution in [3.05, 3.63) is 58.2 Å². The summed E-state index contributed by atoms with van der Waals surface area (Å²) < 4.78 is 53.3. The summed E-state index contributed by atoms with van der Waals surface area (Å²) in [5, 5.41) is 4.07. The van der Waals surface area contributed by atoms with Gasteiger partial charge in [-0.1, -0.05) is 6.07 Å². The first kappa shape index (κ1) is 19.0. The summed E-state index contributed by atoms with van der Waals surface area (Å²) in [6.07, 6.45) is -1.96. The largest absolute Gasteiger partial charge is 0.433 e. The first-order valence-electron chi connectivity index (χ1n) is 8.63. The third-order valence-electron chi connectivity index (χ3n) is 4.58. The van der Waals surface area contributed by atoms with Gasteiger partial charge in [-0.3, -0.25) is 14.8 Å². The summed E-state index contributed by atoms with van der Waals surface area (Å²) >= 11 is 0. The average molecular weight is 410 g/mol. The average Bonchev–Trinajstić information content (AvgIpc) is 3.25. The van der Waals surface area contributed by atoms with E-state index in [2.05, 4.69) is 15.1 Å². The Labute approximate surface area is 160 Å². The van der Waals surface area contributed by atoms with Gasteiger partial charge in [-0.05, 0) is 18.1 Å². The standard InChI is InChI=1S/C17H14F4N6O2/c18-11-3-4-25(9-11)15(28)12-6-22-7-14-24-26(16(29)27(12)14)8-10-1-2-13(23-5-10)17(19,20)21/h1-2,5-7,11H,3-4,8-9H2/t11-/m0/s1. The lowest BCUT2D eigenvalue weighted by molar-refractivity contribution is -0.141. The number of halogens is 4. The van der Waals surface area contributed by atoms with Crippen LogP contribution in [0.3, 0.4) is 0 Å². The molecule has 4 rings (SSSR count). The molecule has 0 spiro atoms. The maximum Gasteiger partial charge on any atom is 0.433 e. The first-order chi connectivity index (χ1) is 13.7. The smallest absolute Gasteiger partial charge is 0.334 e. The fraction of sp³-hybridized carbons (Fsp3) is 0.353. The number of nitrogens with zero attached hydrogens (tertiary/aromatic N) is 6. The minimum Gasteiger partial charge on any atom is -0.334 e. The van der Waals surface area contributed by atoms with Gasteiger partial charge in [0, 0.05) is 12.7 Å². The van der Waals surface area contributed by atoms with Crippen LogP contribution in [0.1, 0.15) is 28.2 Å². The number of aromatic nitrogens is 5. The molecular weight excluding hydrogens is 396 g/mol. The predicted molar refractivity (Wildman–Crippen MR) is 91.0 cm³/mol. The van der Waals surface area contributed by atoms with Crippen molar-refractivity contribution in [1.29, 1.82) is 0 Å². The molecule has 152 valence electrons. The number of hydrogen-bond acceptors (Lipinski definition) is 5. The molecule has 0 aliphatic carbocycles. The van der Waals surface area contributed by atoms with Crippen LogP contribution >= 0.6 is 0 Å². The number of fused-ring (bicyclic) bond motifs is 1. The highest BCUT2D eigenvalue weighted by molar-refractivity contribution is 5.93. The maximum absolute atomic E-state index is 13.4. The van der Waals surface area contributed by atoms with Crippen LogP contribution in [0.15, 0.2) is 35.5 Å². The maximum atomic E-state index is 13.4. The van der Waals surface area contributed by atoms with Gasteiger partial charge in [0.25, 0.3) is 5.91 Å². The number of hydrogen-bond donors (Lipinski definition) is 0. The zero-order valence-corrected chi connectivity index (χ0v) is 14.8. The van der Waals surface area contributed by atoms with Crippen LogP contribution in [0.2, 0.25) is 0 Å². The number of carbonyl (C=O) groups is 1. The fourth-order valence-electron chi connectivity index (χ4n) is 3.14. The van der Waals surface area contributed by atoms with Crippen LogP contribution in [0.25, 0.3) is 5.65 Å². The quantitative estimate of drug-likeness (QED) is 0.612. The van der Waals surface area contributed by atoms with Gasteiger partial charge in [0.1, 0.15) is 17.6 Å². The molecule has 1 aliphatic heterocycles. The Kier molecular flexibility index (Phi) is 4.55. The van der Waals surface area contributed by atoms with E-state index in [9.17, 15) is 27.2 Å². The summed E-state index contributed by atoms with van der Waals surface area (Å²) in [6, 6.07) is 2.01. The topological polar surface area (TPSA) is 85.4 Å². The van der Waals surface area contributed by atoms with E-state index in [0.29, 0.717) is 5.56 Å². The van der Waals surface area contributed by atoms with E-state index in [1.54, 1.807) is 0 Å². The summed E-state index contributed by atoms with van der Waals surface area (Å²) in [7, 11) is 0. The lowest BCUT2D eigenvalue weighted by atomic mass is 10.2. The van der Waals surface area contributed by atoms with E-state index >= 15 is 0 Å². The van der Waals surface area contributed by atoms with Gasteiger partial charge >= 0.3 is 11.9 Å². The molecule has 3 aromatic heterocycles. The Morgan fingerprint density at radius 3 is 2.62 bits per heavy atom. The molecular formula is C17H14F4N6O2. The molecule has 0 radical (unpaired) electrons. The SMILES string of the molecule is O=C(c1cncc2nn(Cc3ccc(C(F)(F)F)nc3)c(=O)n12)N1CC[C@H](F)C1. The van der Waals surface area contributed by atoms with Crippen molar-refractivity contribution >= 4 is 11.6 Å². The Morgan fingerprint density at radius 2 is 2.00 bits per heavy atom. The lowest BCUT2D eigenvalue weighted by Crippen LogP contribution is -2.33. The molecule has 29 heavy (non-hydrogen) atoms. The number of amides is 1. The van der Waals surface area contributed by atoms with Crippen LogP contribution in [-0.4, -0.2) is 54.2 Å². The van der Waals surface area contributed by atoms with Gasteiger partial charge in [-0.25, -0.2) is 18.3 Å². The molecule has 1 atom stereocenters. The first-order valence-corrected chi connectivity index (χ1v) is 8.63. The summed E-state index contributed by atoms with van der Waals surface area (Å²) in [5.74, 6) is -0.541. The molecule has 0 unspecified atom stereocenters. The fourth-order valence-corrected chi connectivity index (χ4v) is 3.14. The van der Waals surface area contributed by atoms with E-state index in [1.807, 2.05) is 0 Å². The van der Waals surface area contributed by atoms with E-state index in [1.165, 1.54) is 23.4 Å². The summed E-state index contributed by atoms with van der Waals surface area (Å²) in [6.45, 7) is 0.0291. The molecule has 3 aromatic rings. The van der Waals surface area contributed by atoms with Crippen molar-refractivity contribution in [3.63, 3.8) is 0 Å². The van der Waals surface area contributed by atoms with Crippen molar-refractivity contribution in [3.8, 4) is 0 Å². The molecule has 12 heteroatoms. The van der Waals surface area contributed by atoms with Gasteiger partial charge < -0.3 is 4.90 Å². The Hall–Kier alpha value is -3.31. The third-order valence-corrected chi connectivity index (χ3v) is 4.58.